The van der Waals surface area contributed by atoms with Crippen LogP contribution in [0.1, 0.15) is 21.6 Å². The second-order valence-corrected chi connectivity index (χ2v) is 5.90. The molecule has 0 radical (unpaired) electrons. The highest BCUT2D eigenvalue weighted by atomic mass is 16.6. The van der Waals surface area contributed by atoms with Gasteiger partial charge in [0, 0.05) is 24.0 Å². The number of hydrogen-bond donors (Lipinski definition) is 1. The minimum atomic E-state index is -0.563. The van der Waals surface area contributed by atoms with Gasteiger partial charge in [-0.25, -0.2) is 4.98 Å². The summed E-state index contributed by atoms with van der Waals surface area (Å²) in [6.07, 6.45) is 1.53. The second kappa shape index (κ2) is 7.61. The van der Waals surface area contributed by atoms with Gasteiger partial charge in [-0.05, 0) is 36.8 Å². The predicted molar refractivity (Wildman–Crippen MR) is 99.8 cm³/mol. The molecule has 1 aromatic carbocycles. The maximum absolute atomic E-state index is 12.6. The van der Waals surface area contributed by atoms with Gasteiger partial charge in [-0.15, -0.1) is 0 Å². The van der Waals surface area contributed by atoms with Crippen LogP contribution in [0.25, 0.3) is 0 Å². The molecule has 3 aromatic rings. The van der Waals surface area contributed by atoms with Crippen LogP contribution in [0.3, 0.4) is 0 Å². The van der Waals surface area contributed by atoms with Gasteiger partial charge in [0.25, 0.3) is 17.2 Å². The van der Waals surface area contributed by atoms with Crippen molar-refractivity contribution >= 4 is 17.4 Å². The molecular weight excluding hydrogens is 348 g/mol. The number of rotatable bonds is 5. The number of non-ortho nitro benzene ring substituents is 1. The number of anilines is 1. The summed E-state index contributed by atoms with van der Waals surface area (Å²) < 4.78 is 1.33. The quantitative estimate of drug-likeness (QED) is 0.553. The Kier molecular flexibility index (Phi) is 5.07. The molecule has 136 valence electrons. The van der Waals surface area contributed by atoms with Gasteiger partial charge >= 0.3 is 0 Å². The number of nitro benzene ring substituents is 1. The van der Waals surface area contributed by atoms with E-state index in [0.29, 0.717) is 11.4 Å². The molecule has 2 aromatic heterocycles. The van der Waals surface area contributed by atoms with Gasteiger partial charge in [-0.3, -0.25) is 19.7 Å². The molecule has 8 nitrogen and oxygen atoms in total. The summed E-state index contributed by atoms with van der Waals surface area (Å²) in [5.74, 6) is -0.208. The number of carbonyl (C=O) groups is 1. The lowest BCUT2D eigenvalue weighted by Crippen LogP contribution is -2.29. The van der Waals surface area contributed by atoms with Crippen molar-refractivity contribution in [3.63, 3.8) is 0 Å². The SMILES string of the molecule is Cc1cccc(NC(=O)c2cccn(Cc3cccc([N+](=O)[O-])c3)c2=O)n1. The van der Waals surface area contributed by atoms with Crippen LogP contribution < -0.4 is 10.9 Å². The van der Waals surface area contributed by atoms with Gasteiger partial charge in [-0.2, -0.15) is 0 Å². The van der Waals surface area contributed by atoms with Crippen LogP contribution >= 0.6 is 0 Å². The molecule has 0 saturated carbocycles. The Bertz CT molecular complexity index is 1080. The normalized spacial score (nSPS) is 10.4. The van der Waals surface area contributed by atoms with E-state index in [0.717, 1.165) is 5.69 Å². The van der Waals surface area contributed by atoms with Gasteiger partial charge in [0.1, 0.15) is 11.4 Å². The van der Waals surface area contributed by atoms with Gasteiger partial charge in [0.05, 0.1) is 11.5 Å². The predicted octanol–water partition coefficient (Wildman–Crippen LogP) is 2.76. The molecule has 0 fully saturated rings. The van der Waals surface area contributed by atoms with E-state index in [1.165, 1.54) is 29.0 Å². The van der Waals surface area contributed by atoms with E-state index in [4.69, 9.17) is 0 Å². The fourth-order valence-corrected chi connectivity index (χ4v) is 2.60. The van der Waals surface area contributed by atoms with E-state index in [1.807, 2.05) is 0 Å². The van der Waals surface area contributed by atoms with Crippen LogP contribution in [0, 0.1) is 17.0 Å². The van der Waals surface area contributed by atoms with E-state index in [1.54, 1.807) is 43.3 Å². The van der Waals surface area contributed by atoms with Crippen LogP contribution in [-0.2, 0) is 6.54 Å². The number of nitro groups is 1. The van der Waals surface area contributed by atoms with Gasteiger partial charge in [0.2, 0.25) is 0 Å². The first-order valence-corrected chi connectivity index (χ1v) is 8.12. The van der Waals surface area contributed by atoms with E-state index in [-0.39, 0.29) is 17.8 Å². The van der Waals surface area contributed by atoms with Crippen LogP contribution in [0.2, 0.25) is 0 Å². The minimum Gasteiger partial charge on any atom is -0.310 e. The standard InChI is InChI=1S/C19H16N4O4/c1-13-5-2-9-17(20-13)21-18(24)16-8-4-10-22(19(16)25)12-14-6-3-7-15(11-14)23(26)27/h2-11H,12H2,1H3,(H,20,21,24). The smallest absolute Gasteiger partial charge is 0.269 e. The van der Waals surface area contributed by atoms with E-state index in [2.05, 4.69) is 10.3 Å². The lowest BCUT2D eigenvalue weighted by Gasteiger charge is -2.09. The number of nitrogens with one attached hydrogen (secondary N) is 1. The fraction of sp³-hybridized carbons (Fsp3) is 0.105. The van der Waals surface area contributed by atoms with Gasteiger partial charge < -0.3 is 9.88 Å². The molecule has 2 heterocycles. The zero-order chi connectivity index (χ0) is 19.4. The molecule has 0 unspecified atom stereocenters. The van der Waals surface area contributed by atoms with Crippen molar-refractivity contribution in [3.05, 3.63) is 98.1 Å². The van der Waals surface area contributed by atoms with Crippen molar-refractivity contribution in [1.82, 2.24) is 9.55 Å². The third-order valence-electron chi connectivity index (χ3n) is 3.87. The molecule has 1 amide bonds. The first-order valence-electron chi connectivity index (χ1n) is 8.12. The summed E-state index contributed by atoms with van der Waals surface area (Å²) in [7, 11) is 0. The highest BCUT2D eigenvalue weighted by Gasteiger charge is 2.14. The van der Waals surface area contributed by atoms with Crippen LogP contribution in [0.5, 0.6) is 0 Å². The van der Waals surface area contributed by atoms with E-state index >= 15 is 0 Å². The van der Waals surface area contributed by atoms with Crippen molar-refractivity contribution < 1.29 is 9.72 Å². The Morgan fingerprint density at radius 1 is 1.19 bits per heavy atom. The van der Waals surface area contributed by atoms with Crippen molar-refractivity contribution in [2.24, 2.45) is 0 Å². The topological polar surface area (TPSA) is 107 Å². The Morgan fingerprint density at radius 3 is 2.70 bits per heavy atom. The van der Waals surface area contributed by atoms with Crippen LogP contribution in [0.15, 0.2) is 65.6 Å². The second-order valence-electron chi connectivity index (χ2n) is 5.90. The minimum absolute atomic E-state index is 0.0359. The number of amides is 1. The Morgan fingerprint density at radius 2 is 1.96 bits per heavy atom. The van der Waals surface area contributed by atoms with Crippen LogP contribution in [-0.4, -0.2) is 20.4 Å². The summed E-state index contributed by atoms with van der Waals surface area (Å²) in [5, 5.41) is 13.5. The summed E-state index contributed by atoms with van der Waals surface area (Å²) in [6.45, 7) is 1.91. The lowest BCUT2D eigenvalue weighted by molar-refractivity contribution is -0.384. The van der Waals surface area contributed by atoms with Crippen LogP contribution in [0.4, 0.5) is 11.5 Å². The summed E-state index contributed by atoms with van der Waals surface area (Å²) >= 11 is 0. The molecule has 0 aliphatic heterocycles. The molecule has 0 saturated heterocycles. The van der Waals surface area contributed by atoms with Crippen molar-refractivity contribution in [3.8, 4) is 0 Å². The molecule has 3 rings (SSSR count). The van der Waals surface area contributed by atoms with Gasteiger partial charge in [0.15, 0.2) is 0 Å². The first kappa shape index (κ1) is 18.0. The van der Waals surface area contributed by atoms with Crippen molar-refractivity contribution in [2.75, 3.05) is 5.32 Å². The highest BCUT2D eigenvalue weighted by molar-refractivity contribution is 6.03. The summed E-state index contributed by atoms with van der Waals surface area (Å²) in [5.41, 5.74) is 0.744. The number of carbonyl (C=O) groups excluding carboxylic acids is 1. The number of aromatic nitrogens is 2. The Balaban J connectivity index is 1.85. The van der Waals surface area contributed by atoms with Crippen molar-refractivity contribution in [2.45, 2.75) is 13.5 Å². The maximum atomic E-state index is 12.6. The molecule has 0 aliphatic rings. The molecule has 0 bridgehead atoms. The molecule has 0 aliphatic carbocycles. The zero-order valence-corrected chi connectivity index (χ0v) is 14.5. The van der Waals surface area contributed by atoms with E-state index < -0.39 is 16.4 Å². The average molecular weight is 364 g/mol. The molecular formula is C19H16N4O4. The maximum Gasteiger partial charge on any atom is 0.269 e. The van der Waals surface area contributed by atoms with Gasteiger partial charge in [-0.1, -0.05) is 18.2 Å². The number of aryl methyl sites for hydroxylation is 1. The summed E-state index contributed by atoms with van der Waals surface area (Å²) in [6, 6.07) is 14.2. The number of nitrogens with zero attached hydrogens (tertiary/aromatic N) is 3. The first-order chi connectivity index (χ1) is 12.9. The largest absolute Gasteiger partial charge is 0.310 e. The number of pyridine rings is 2. The highest BCUT2D eigenvalue weighted by Crippen LogP contribution is 2.14. The zero-order valence-electron chi connectivity index (χ0n) is 14.5. The third kappa shape index (κ3) is 4.24. The molecule has 0 spiro atoms. The third-order valence-corrected chi connectivity index (χ3v) is 3.87. The lowest BCUT2D eigenvalue weighted by atomic mass is 10.2. The molecule has 0 atom stereocenters. The molecule has 27 heavy (non-hydrogen) atoms. The van der Waals surface area contributed by atoms with E-state index in [9.17, 15) is 19.7 Å². The number of benzene rings is 1. The molecule has 1 N–H and O–H groups in total. The fourth-order valence-electron chi connectivity index (χ4n) is 2.60. The monoisotopic (exact) mass is 364 g/mol. The molecule has 8 heteroatoms. The average Bonchev–Trinajstić information content (AvgIpc) is 2.63. The van der Waals surface area contributed by atoms with Crippen molar-refractivity contribution in [1.29, 1.82) is 0 Å². The Hall–Kier alpha value is -3.81. The summed E-state index contributed by atoms with van der Waals surface area (Å²) in [4.78, 5) is 39.7. The Labute approximate surface area is 154 Å². The number of hydrogen-bond acceptors (Lipinski definition) is 5.